The Labute approximate surface area is 149 Å². The minimum absolute atomic E-state index is 0.0233. The molecule has 0 saturated heterocycles. The second-order valence-corrected chi connectivity index (χ2v) is 5.70. The number of pyridine rings is 2. The summed E-state index contributed by atoms with van der Waals surface area (Å²) in [6, 6.07) is 10.5. The lowest BCUT2D eigenvalue weighted by Gasteiger charge is -2.13. The Kier molecular flexibility index (Phi) is 5.23. The number of aromatic nitrogens is 2. The van der Waals surface area contributed by atoms with E-state index in [1.54, 1.807) is 12.3 Å². The van der Waals surface area contributed by atoms with Gasteiger partial charge in [0.1, 0.15) is 11.8 Å². The Morgan fingerprint density at radius 1 is 1.19 bits per heavy atom. The van der Waals surface area contributed by atoms with E-state index in [0.29, 0.717) is 35.1 Å². The minimum atomic E-state index is -2.91. The molecule has 132 valence electrons. The van der Waals surface area contributed by atoms with E-state index in [4.69, 9.17) is 0 Å². The van der Waals surface area contributed by atoms with Crippen molar-refractivity contribution in [1.29, 1.82) is 5.26 Å². The highest BCUT2D eigenvalue weighted by Crippen LogP contribution is 2.29. The van der Waals surface area contributed by atoms with Crippen LogP contribution in [0.15, 0.2) is 42.7 Å². The van der Waals surface area contributed by atoms with Crippen molar-refractivity contribution in [2.45, 2.75) is 20.0 Å². The number of hydrogen-bond acceptors (Lipinski definition) is 5. The maximum atomic E-state index is 12.5. The van der Waals surface area contributed by atoms with Crippen molar-refractivity contribution in [3.05, 3.63) is 59.5 Å². The number of hydrogen-bond donors (Lipinski definition) is 1. The SMILES string of the molecule is Cc1ccc(CCNc2c(C#N)cnc3ccc(OC(F)F)cc23)cn1. The van der Waals surface area contributed by atoms with Crippen LogP contribution in [-0.4, -0.2) is 23.1 Å². The van der Waals surface area contributed by atoms with Gasteiger partial charge >= 0.3 is 6.61 Å². The fourth-order valence-electron chi connectivity index (χ4n) is 2.60. The first-order valence-corrected chi connectivity index (χ1v) is 8.00. The predicted molar refractivity (Wildman–Crippen MR) is 94.3 cm³/mol. The highest BCUT2D eigenvalue weighted by molar-refractivity contribution is 5.94. The highest BCUT2D eigenvalue weighted by Gasteiger charge is 2.11. The van der Waals surface area contributed by atoms with Crippen molar-refractivity contribution < 1.29 is 13.5 Å². The van der Waals surface area contributed by atoms with Gasteiger partial charge in [-0.25, -0.2) is 0 Å². The normalized spacial score (nSPS) is 10.7. The molecule has 3 rings (SSSR count). The van der Waals surface area contributed by atoms with Crippen LogP contribution in [0.25, 0.3) is 10.9 Å². The molecular formula is C19H16F2N4O. The van der Waals surface area contributed by atoms with Gasteiger partial charge in [-0.05, 0) is 43.2 Å². The monoisotopic (exact) mass is 354 g/mol. The molecule has 26 heavy (non-hydrogen) atoms. The molecule has 1 N–H and O–H groups in total. The summed E-state index contributed by atoms with van der Waals surface area (Å²) in [5.74, 6) is 0.0233. The second-order valence-electron chi connectivity index (χ2n) is 5.70. The number of alkyl halides is 2. The average Bonchev–Trinajstić information content (AvgIpc) is 2.63. The fourth-order valence-corrected chi connectivity index (χ4v) is 2.60. The zero-order valence-corrected chi connectivity index (χ0v) is 14.0. The molecular weight excluding hydrogens is 338 g/mol. The molecule has 0 unspecified atom stereocenters. The summed E-state index contributed by atoms with van der Waals surface area (Å²) in [6.07, 6.45) is 3.97. The number of nitrogens with one attached hydrogen (secondary N) is 1. The topological polar surface area (TPSA) is 70.8 Å². The van der Waals surface area contributed by atoms with Crippen LogP contribution in [0.1, 0.15) is 16.8 Å². The molecule has 0 amide bonds. The van der Waals surface area contributed by atoms with Gasteiger partial charge < -0.3 is 10.1 Å². The summed E-state index contributed by atoms with van der Waals surface area (Å²) in [4.78, 5) is 8.44. The molecule has 5 nitrogen and oxygen atoms in total. The Bertz CT molecular complexity index is 952. The van der Waals surface area contributed by atoms with Crippen LogP contribution in [0.5, 0.6) is 5.75 Å². The molecule has 7 heteroatoms. The molecule has 0 aliphatic rings. The maximum Gasteiger partial charge on any atom is 0.387 e. The number of ether oxygens (including phenoxy) is 1. The second kappa shape index (κ2) is 7.74. The van der Waals surface area contributed by atoms with Crippen LogP contribution < -0.4 is 10.1 Å². The van der Waals surface area contributed by atoms with E-state index in [1.807, 2.05) is 19.1 Å². The van der Waals surface area contributed by atoms with Gasteiger partial charge in [-0.2, -0.15) is 14.0 Å². The lowest BCUT2D eigenvalue weighted by Crippen LogP contribution is -2.08. The van der Waals surface area contributed by atoms with Crippen LogP contribution in [0.3, 0.4) is 0 Å². The highest BCUT2D eigenvalue weighted by atomic mass is 19.3. The molecule has 3 aromatic rings. The Morgan fingerprint density at radius 2 is 2.04 bits per heavy atom. The van der Waals surface area contributed by atoms with Crippen molar-refractivity contribution in [1.82, 2.24) is 9.97 Å². The lowest BCUT2D eigenvalue weighted by molar-refractivity contribution is -0.0497. The number of nitrogens with zero attached hydrogens (tertiary/aromatic N) is 3. The van der Waals surface area contributed by atoms with E-state index in [-0.39, 0.29) is 5.75 Å². The number of rotatable bonds is 6. The van der Waals surface area contributed by atoms with E-state index in [0.717, 1.165) is 11.3 Å². The number of halogens is 2. The van der Waals surface area contributed by atoms with E-state index >= 15 is 0 Å². The summed E-state index contributed by atoms with van der Waals surface area (Å²) >= 11 is 0. The Morgan fingerprint density at radius 3 is 2.73 bits per heavy atom. The molecule has 2 aromatic heterocycles. The zero-order valence-electron chi connectivity index (χ0n) is 14.0. The predicted octanol–water partition coefficient (Wildman–Crippen LogP) is 4.07. The van der Waals surface area contributed by atoms with Crippen molar-refractivity contribution in [3.8, 4) is 11.8 Å². The Balaban J connectivity index is 1.86. The van der Waals surface area contributed by atoms with Gasteiger partial charge in [0.15, 0.2) is 0 Å². The van der Waals surface area contributed by atoms with Crippen molar-refractivity contribution in [2.75, 3.05) is 11.9 Å². The average molecular weight is 354 g/mol. The van der Waals surface area contributed by atoms with Gasteiger partial charge in [0.2, 0.25) is 0 Å². The van der Waals surface area contributed by atoms with Crippen molar-refractivity contribution in [2.24, 2.45) is 0 Å². The van der Waals surface area contributed by atoms with E-state index in [2.05, 4.69) is 26.1 Å². The molecule has 0 radical (unpaired) electrons. The van der Waals surface area contributed by atoms with E-state index in [9.17, 15) is 14.0 Å². The van der Waals surface area contributed by atoms with Gasteiger partial charge in [0, 0.05) is 30.0 Å². The zero-order chi connectivity index (χ0) is 18.5. The van der Waals surface area contributed by atoms with Crippen LogP contribution >= 0.6 is 0 Å². The maximum absolute atomic E-state index is 12.5. The van der Waals surface area contributed by atoms with Gasteiger partial charge in [-0.1, -0.05) is 6.07 Å². The number of benzene rings is 1. The first-order valence-electron chi connectivity index (χ1n) is 8.00. The third-order valence-electron chi connectivity index (χ3n) is 3.87. The molecule has 0 fully saturated rings. The van der Waals surface area contributed by atoms with Crippen molar-refractivity contribution >= 4 is 16.6 Å². The van der Waals surface area contributed by atoms with E-state index in [1.165, 1.54) is 18.3 Å². The van der Waals surface area contributed by atoms with Gasteiger partial charge in [0.05, 0.1) is 16.8 Å². The van der Waals surface area contributed by atoms with Crippen LogP contribution in [0.4, 0.5) is 14.5 Å². The molecule has 0 spiro atoms. The molecule has 0 saturated carbocycles. The number of fused-ring (bicyclic) bond motifs is 1. The van der Waals surface area contributed by atoms with Gasteiger partial charge in [-0.15, -0.1) is 0 Å². The quantitative estimate of drug-likeness (QED) is 0.723. The summed E-state index contributed by atoms with van der Waals surface area (Å²) in [5, 5.41) is 13.1. The molecule has 0 aliphatic carbocycles. The first kappa shape index (κ1) is 17.5. The summed E-state index contributed by atoms with van der Waals surface area (Å²) in [7, 11) is 0. The standard InChI is InChI=1S/C19H16F2N4O/c1-12-2-3-13(10-24-12)6-7-23-18-14(9-22)11-25-17-5-4-15(8-16(17)18)26-19(20)21/h2-5,8,10-11,19H,6-7H2,1H3,(H,23,25). The molecule has 0 aliphatic heterocycles. The minimum Gasteiger partial charge on any atom is -0.435 e. The fraction of sp³-hybridized carbons (Fsp3) is 0.211. The van der Waals surface area contributed by atoms with Crippen LogP contribution in [0, 0.1) is 18.3 Å². The summed E-state index contributed by atoms with van der Waals surface area (Å²) in [6.45, 7) is -0.438. The van der Waals surface area contributed by atoms with Gasteiger partial charge in [0.25, 0.3) is 0 Å². The summed E-state index contributed by atoms with van der Waals surface area (Å²) < 4.78 is 29.4. The first-order chi connectivity index (χ1) is 12.6. The lowest BCUT2D eigenvalue weighted by atomic mass is 10.1. The number of nitriles is 1. The van der Waals surface area contributed by atoms with Gasteiger partial charge in [-0.3, -0.25) is 9.97 Å². The molecule has 0 bridgehead atoms. The number of anilines is 1. The molecule has 2 heterocycles. The van der Waals surface area contributed by atoms with Crippen molar-refractivity contribution in [3.63, 3.8) is 0 Å². The smallest absolute Gasteiger partial charge is 0.387 e. The Hall–Kier alpha value is -3.27. The third-order valence-corrected chi connectivity index (χ3v) is 3.87. The molecule has 1 aromatic carbocycles. The largest absolute Gasteiger partial charge is 0.435 e. The van der Waals surface area contributed by atoms with E-state index < -0.39 is 6.61 Å². The molecule has 0 atom stereocenters. The van der Waals surface area contributed by atoms with Crippen LogP contribution in [-0.2, 0) is 6.42 Å². The third kappa shape index (κ3) is 4.03. The summed E-state index contributed by atoms with van der Waals surface area (Å²) in [5.41, 5.74) is 3.48. The van der Waals surface area contributed by atoms with Crippen LogP contribution in [0.2, 0.25) is 0 Å². The number of aryl methyl sites for hydroxylation is 1.